The van der Waals surface area contributed by atoms with Gasteiger partial charge in [0.15, 0.2) is 0 Å². The molecule has 4 heteroatoms. The Morgan fingerprint density at radius 1 is 1.53 bits per heavy atom. The summed E-state index contributed by atoms with van der Waals surface area (Å²) in [6.45, 7) is 7.90. The Morgan fingerprint density at radius 2 is 2.24 bits per heavy atom. The van der Waals surface area contributed by atoms with Gasteiger partial charge in [0.2, 0.25) is 0 Å². The highest BCUT2D eigenvalue weighted by molar-refractivity contribution is 7.80. The summed E-state index contributed by atoms with van der Waals surface area (Å²) in [7, 11) is 0. The van der Waals surface area contributed by atoms with Crippen molar-refractivity contribution in [1.82, 2.24) is 4.90 Å². The van der Waals surface area contributed by atoms with Crippen molar-refractivity contribution in [1.29, 1.82) is 0 Å². The lowest BCUT2D eigenvalue weighted by Gasteiger charge is -2.34. The molecule has 3 nitrogen and oxygen atoms in total. The molecule has 0 aromatic heterocycles. The van der Waals surface area contributed by atoms with E-state index in [-0.39, 0.29) is 5.41 Å². The Balaban J connectivity index is 2.34. The molecular weight excluding hydrogens is 232 g/mol. The van der Waals surface area contributed by atoms with E-state index in [4.69, 9.17) is 23.1 Å². The van der Waals surface area contributed by atoms with E-state index in [0.717, 1.165) is 25.9 Å². The molecule has 1 unspecified atom stereocenters. The number of hydrogen-bond acceptors (Lipinski definition) is 3. The maximum absolute atomic E-state index is 8.98. The average Bonchev–Trinajstić information content (AvgIpc) is 2.27. The second-order valence-electron chi connectivity index (χ2n) is 5.82. The molecule has 100 valence electrons. The van der Waals surface area contributed by atoms with Gasteiger partial charge < -0.3 is 15.7 Å². The van der Waals surface area contributed by atoms with Crippen molar-refractivity contribution in [2.75, 3.05) is 26.2 Å². The summed E-state index contributed by atoms with van der Waals surface area (Å²) in [5.41, 5.74) is 5.70. The summed E-state index contributed by atoms with van der Waals surface area (Å²) in [5.74, 6) is 0.668. The van der Waals surface area contributed by atoms with E-state index in [2.05, 4.69) is 18.7 Å². The first-order chi connectivity index (χ1) is 7.95. The van der Waals surface area contributed by atoms with Crippen LogP contribution in [0.1, 0.15) is 39.5 Å². The number of hydrogen-bond donors (Lipinski definition) is 2. The smallest absolute Gasteiger partial charge is 0.0784 e. The molecule has 0 bridgehead atoms. The number of thiocarbonyl (C=S) groups is 1. The van der Waals surface area contributed by atoms with Gasteiger partial charge in [-0.3, -0.25) is 0 Å². The molecule has 0 saturated carbocycles. The molecule has 1 atom stereocenters. The van der Waals surface area contributed by atoms with E-state index in [1.807, 2.05) is 0 Å². The second kappa shape index (κ2) is 6.66. The zero-order valence-corrected chi connectivity index (χ0v) is 11.9. The first kappa shape index (κ1) is 14.9. The van der Waals surface area contributed by atoms with Gasteiger partial charge in [0, 0.05) is 18.6 Å². The molecule has 0 aromatic carbocycles. The molecule has 0 amide bonds. The monoisotopic (exact) mass is 258 g/mol. The fourth-order valence-electron chi connectivity index (χ4n) is 2.33. The highest BCUT2D eigenvalue weighted by Crippen LogP contribution is 2.24. The lowest BCUT2D eigenvalue weighted by Crippen LogP contribution is -2.40. The molecule has 1 fully saturated rings. The van der Waals surface area contributed by atoms with Gasteiger partial charge in [-0.05, 0) is 44.7 Å². The van der Waals surface area contributed by atoms with Crippen LogP contribution in [-0.4, -0.2) is 41.2 Å². The SMILES string of the molecule is CC(C)(CCN1CCCC(CCO)C1)C(N)=S. The van der Waals surface area contributed by atoms with Crippen molar-refractivity contribution in [3.63, 3.8) is 0 Å². The molecule has 0 radical (unpaired) electrons. The van der Waals surface area contributed by atoms with E-state index < -0.39 is 0 Å². The van der Waals surface area contributed by atoms with E-state index >= 15 is 0 Å². The Hall–Kier alpha value is -0.190. The van der Waals surface area contributed by atoms with Crippen LogP contribution >= 0.6 is 12.2 Å². The Kier molecular flexibility index (Phi) is 5.83. The van der Waals surface area contributed by atoms with Crippen LogP contribution in [0.25, 0.3) is 0 Å². The second-order valence-corrected chi connectivity index (χ2v) is 6.26. The third kappa shape index (κ3) is 4.90. The zero-order valence-electron chi connectivity index (χ0n) is 11.1. The van der Waals surface area contributed by atoms with Crippen LogP contribution in [0.5, 0.6) is 0 Å². The molecule has 0 aromatic rings. The third-order valence-corrected chi connectivity index (χ3v) is 4.41. The first-order valence-corrected chi connectivity index (χ1v) is 6.99. The third-order valence-electron chi connectivity index (χ3n) is 3.86. The Morgan fingerprint density at radius 3 is 2.82 bits per heavy atom. The number of nitrogens with two attached hydrogens (primary N) is 1. The zero-order chi connectivity index (χ0) is 12.9. The van der Waals surface area contributed by atoms with Gasteiger partial charge in [-0.25, -0.2) is 0 Å². The summed E-state index contributed by atoms with van der Waals surface area (Å²) < 4.78 is 0. The topological polar surface area (TPSA) is 49.5 Å². The van der Waals surface area contributed by atoms with Gasteiger partial charge in [-0.2, -0.15) is 0 Å². The largest absolute Gasteiger partial charge is 0.396 e. The highest BCUT2D eigenvalue weighted by Gasteiger charge is 2.24. The van der Waals surface area contributed by atoms with Gasteiger partial charge in [0.25, 0.3) is 0 Å². The Labute approximate surface area is 110 Å². The molecule has 1 aliphatic rings. The summed E-state index contributed by atoms with van der Waals surface area (Å²) >= 11 is 5.09. The number of aliphatic hydroxyl groups is 1. The lowest BCUT2D eigenvalue weighted by atomic mass is 9.88. The molecule has 1 heterocycles. The number of likely N-dealkylation sites (tertiary alicyclic amines) is 1. The van der Waals surface area contributed by atoms with Gasteiger partial charge in [-0.1, -0.05) is 26.1 Å². The quantitative estimate of drug-likeness (QED) is 0.713. The van der Waals surface area contributed by atoms with Crippen molar-refractivity contribution in [2.45, 2.75) is 39.5 Å². The molecule has 17 heavy (non-hydrogen) atoms. The minimum Gasteiger partial charge on any atom is -0.396 e. The predicted molar refractivity (Wildman–Crippen MR) is 76.1 cm³/mol. The number of rotatable bonds is 6. The maximum atomic E-state index is 8.98. The maximum Gasteiger partial charge on any atom is 0.0784 e. The van der Waals surface area contributed by atoms with Crippen LogP contribution in [0.2, 0.25) is 0 Å². The van der Waals surface area contributed by atoms with Crippen LogP contribution in [0, 0.1) is 11.3 Å². The van der Waals surface area contributed by atoms with Gasteiger partial charge in [0.05, 0.1) is 4.99 Å². The van der Waals surface area contributed by atoms with Crippen LogP contribution < -0.4 is 5.73 Å². The van der Waals surface area contributed by atoms with E-state index in [1.54, 1.807) is 0 Å². The molecule has 1 aliphatic heterocycles. The lowest BCUT2D eigenvalue weighted by molar-refractivity contribution is 0.139. The number of aliphatic hydroxyl groups excluding tert-OH is 1. The van der Waals surface area contributed by atoms with E-state index in [0.29, 0.717) is 17.5 Å². The predicted octanol–water partition coefficient (Wildman–Crippen LogP) is 1.78. The van der Waals surface area contributed by atoms with Gasteiger partial charge in [0.1, 0.15) is 0 Å². The fourth-order valence-corrected chi connectivity index (χ4v) is 2.44. The molecule has 1 saturated heterocycles. The summed E-state index contributed by atoms with van der Waals surface area (Å²) in [6.07, 6.45) is 4.47. The van der Waals surface area contributed by atoms with Crippen LogP contribution in [0.15, 0.2) is 0 Å². The molecule has 0 aliphatic carbocycles. The van der Waals surface area contributed by atoms with Crippen molar-refractivity contribution in [3.05, 3.63) is 0 Å². The van der Waals surface area contributed by atoms with Crippen LogP contribution in [-0.2, 0) is 0 Å². The minimum absolute atomic E-state index is 0.0424. The van der Waals surface area contributed by atoms with Crippen molar-refractivity contribution in [2.24, 2.45) is 17.1 Å². The normalized spacial score (nSPS) is 22.6. The van der Waals surface area contributed by atoms with Crippen LogP contribution in [0.4, 0.5) is 0 Å². The molecular formula is C13H26N2OS. The number of piperidine rings is 1. The highest BCUT2D eigenvalue weighted by atomic mass is 32.1. The molecule has 0 spiro atoms. The van der Waals surface area contributed by atoms with Gasteiger partial charge in [-0.15, -0.1) is 0 Å². The number of nitrogens with zero attached hydrogens (tertiary/aromatic N) is 1. The van der Waals surface area contributed by atoms with Crippen molar-refractivity contribution < 1.29 is 5.11 Å². The Bertz CT molecular complexity index is 254. The van der Waals surface area contributed by atoms with E-state index in [9.17, 15) is 0 Å². The molecule has 3 N–H and O–H groups in total. The van der Waals surface area contributed by atoms with Crippen molar-refractivity contribution in [3.8, 4) is 0 Å². The minimum atomic E-state index is -0.0424. The summed E-state index contributed by atoms with van der Waals surface area (Å²) in [5, 5.41) is 8.98. The van der Waals surface area contributed by atoms with Crippen molar-refractivity contribution >= 4 is 17.2 Å². The summed E-state index contributed by atoms with van der Waals surface area (Å²) in [4.78, 5) is 3.10. The fraction of sp³-hybridized carbons (Fsp3) is 0.923. The standard InChI is InChI=1S/C13H26N2OS/c1-13(2,12(14)17)6-8-15-7-3-4-11(10-15)5-9-16/h11,16H,3-10H2,1-2H3,(H2,14,17). The first-order valence-electron chi connectivity index (χ1n) is 6.59. The summed E-state index contributed by atoms with van der Waals surface area (Å²) in [6, 6.07) is 0. The molecule has 1 rings (SSSR count). The van der Waals surface area contributed by atoms with E-state index in [1.165, 1.54) is 19.4 Å². The van der Waals surface area contributed by atoms with Crippen LogP contribution in [0.3, 0.4) is 0 Å². The van der Waals surface area contributed by atoms with Gasteiger partial charge >= 0.3 is 0 Å². The average molecular weight is 258 g/mol.